The fraction of sp³-hybridized carbons (Fsp3) is 1.00. The monoisotopic (exact) mass is 191 g/mol. The molecule has 0 aliphatic heterocycles. The van der Waals surface area contributed by atoms with E-state index in [4.69, 9.17) is 20.3 Å². The lowest BCUT2D eigenvalue weighted by Gasteiger charge is -2.14. The Labute approximate surface area is 80.0 Å². The Hall–Kier alpha value is -0.160. The zero-order chi connectivity index (χ0) is 10.1. The topological polar surface area (TPSA) is 64.7 Å². The lowest BCUT2D eigenvalue weighted by atomic mass is 10.2. The molecule has 2 unspecified atom stereocenters. The molecule has 0 aliphatic carbocycles. The van der Waals surface area contributed by atoms with Crippen LogP contribution in [0, 0.1) is 0 Å². The van der Waals surface area contributed by atoms with Gasteiger partial charge in [0.2, 0.25) is 0 Å². The van der Waals surface area contributed by atoms with Gasteiger partial charge in [0.15, 0.2) is 0 Å². The van der Waals surface area contributed by atoms with Crippen molar-refractivity contribution in [1.82, 2.24) is 0 Å². The summed E-state index contributed by atoms with van der Waals surface area (Å²) in [5.74, 6) is 0. The van der Waals surface area contributed by atoms with Crippen LogP contribution in [-0.4, -0.2) is 43.7 Å². The highest BCUT2D eigenvalue weighted by molar-refractivity contribution is 4.58. The van der Waals surface area contributed by atoms with Crippen LogP contribution < -0.4 is 5.73 Å². The summed E-state index contributed by atoms with van der Waals surface area (Å²) in [7, 11) is 0. The Morgan fingerprint density at radius 3 is 2.69 bits per heavy atom. The third kappa shape index (κ3) is 8.18. The molecular formula is C9H21NO3. The van der Waals surface area contributed by atoms with Gasteiger partial charge in [-0.15, -0.1) is 0 Å². The first kappa shape index (κ1) is 12.8. The zero-order valence-corrected chi connectivity index (χ0v) is 8.53. The van der Waals surface area contributed by atoms with E-state index in [0.29, 0.717) is 26.2 Å². The van der Waals surface area contributed by atoms with Gasteiger partial charge in [0.1, 0.15) is 0 Å². The minimum absolute atomic E-state index is 0.0171. The molecule has 4 heteroatoms. The first-order valence-electron chi connectivity index (χ1n) is 4.76. The van der Waals surface area contributed by atoms with Gasteiger partial charge in [0, 0.05) is 19.3 Å². The SMILES string of the molecule is CCOCC(C)OCCC(N)CO. The summed E-state index contributed by atoms with van der Waals surface area (Å²) < 4.78 is 10.6. The standard InChI is InChI=1S/C9H21NO3/c1-3-12-7-8(2)13-5-4-9(10)6-11/h8-9,11H,3-7,10H2,1-2H3. The van der Waals surface area contributed by atoms with E-state index in [-0.39, 0.29) is 18.8 Å². The van der Waals surface area contributed by atoms with Crippen LogP contribution in [-0.2, 0) is 9.47 Å². The third-order valence-electron chi connectivity index (χ3n) is 1.68. The molecule has 4 nitrogen and oxygen atoms in total. The second-order valence-corrected chi connectivity index (χ2v) is 3.07. The number of hydrogen-bond acceptors (Lipinski definition) is 4. The predicted molar refractivity (Wildman–Crippen MR) is 51.6 cm³/mol. The molecule has 0 bridgehead atoms. The molecule has 0 aromatic heterocycles. The van der Waals surface area contributed by atoms with Crippen molar-refractivity contribution in [2.45, 2.75) is 32.4 Å². The van der Waals surface area contributed by atoms with Crippen molar-refractivity contribution in [3.63, 3.8) is 0 Å². The average molecular weight is 191 g/mol. The molecular weight excluding hydrogens is 170 g/mol. The third-order valence-corrected chi connectivity index (χ3v) is 1.68. The van der Waals surface area contributed by atoms with Crippen molar-refractivity contribution in [3.8, 4) is 0 Å². The summed E-state index contributed by atoms with van der Waals surface area (Å²) in [6, 6.07) is -0.167. The van der Waals surface area contributed by atoms with Crippen LogP contribution in [0.25, 0.3) is 0 Å². The highest BCUT2D eigenvalue weighted by Gasteiger charge is 2.04. The second-order valence-electron chi connectivity index (χ2n) is 3.07. The molecule has 0 saturated carbocycles. The van der Waals surface area contributed by atoms with Crippen molar-refractivity contribution in [2.75, 3.05) is 26.4 Å². The molecule has 0 fully saturated rings. The van der Waals surface area contributed by atoms with E-state index in [1.807, 2.05) is 13.8 Å². The van der Waals surface area contributed by atoms with Gasteiger partial charge in [-0.2, -0.15) is 0 Å². The van der Waals surface area contributed by atoms with Crippen LogP contribution >= 0.6 is 0 Å². The Morgan fingerprint density at radius 1 is 1.46 bits per heavy atom. The van der Waals surface area contributed by atoms with Crippen molar-refractivity contribution in [1.29, 1.82) is 0 Å². The van der Waals surface area contributed by atoms with E-state index in [1.54, 1.807) is 0 Å². The van der Waals surface area contributed by atoms with Gasteiger partial charge in [0.05, 0.1) is 19.3 Å². The predicted octanol–water partition coefficient (Wildman–Crippen LogP) is 0.138. The zero-order valence-electron chi connectivity index (χ0n) is 8.53. The van der Waals surface area contributed by atoms with Gasteiger partial charge in [0.25, 0.3) is 0 Å². The minimum Gasteiger partial charge on any atom is -0.395 e. The van der Waals surface area contributed by atoms with E-state index >= 15 is 0 Å². The van der Waals surface area contributed by atoms with E-state index in [1.165, 1.54) is 0 Å². The van der Waals surface area contributed by atoms with Crippen molar-refractivity contribution < 1.29 is 14.6 Å². The molecule has 2 atom stereocenters. The van der Waals surface area contributed by atoms with Crippen LogP contribution in [0.2, 0.25) is 0 Å². The van der Waals surface area contributed by atoms with Crippen molar-refractivity contribution in [2.24, 2.45) is 5.73 Å². The fourth-order valence-corrected chi connectivity index (χ4v) is 0.844. The van der Waals surface area contributed by atoms with E-state index in [9.17, 15) is 0 Å². The van der Waals surface area contributed by atoms with E-state index in [2.05, 4.69) is 0 Å². The maximum Gasteiger partial charge on any atom is 0.0780 e. The van der Waals surface area contributed by atoms with Crippen LogP contribution in [0.3, 0.4) is 0 Å². The van der Waals surface area contributed by atoms with Gasteiger partial charge in [-0.1, -0.05) is 0 Å². The number of nitrogens with two attached hydrogens (primary N) is 1. The molecule has 0 aromatic rings. The average Bonchev–Trinajstić information content (AvgIpc) is 2.14. The maximum absolute atomic E-state index is 8.64. The number of aliphatic hydroxyl groups is 1. The van der Waals surface area contributed by atoms with Crippen LogP contribution in [0.15, 0.2) is 0 Å². The molecule has 0 heterocycles. The van der Waals surface area contributed by atoms with Crippen molar-refractivity contribution in [3.05, 3.63) is 0 Å². The molecule has 0 amide bonds. The van der Waals surface area contributed by atoms with Crippen molar-refractivity contribution >= 4 is 0 Å². The quantitative estimate of drug-likeness (QED) is 0.572. The van der Waals surface area contributed by atoms with Crippen LogP contribution in [0.5, 0.6) is 0 Å². The fourth-order valence-electron chi connectivity index (χ4n) is 0.844. The van der Waals surface area contributed by atoms with Crippen LogP contribution in [0.4, 0.5) is 0 Å². The molecule has 0 aliphatic rings. The Kier molecular flexibility index (Phi) is 8.33. The summed E-state index contributed by atoms with van der Waals surface area (Å²) in [6.45, 7) is 5.84. The Bertz CT molecular complexity index is 111. The normalized spacial score (nSPS) is 15.7. The van der Waals surface area contributed by atoms with Gasteiger partial charge in [-0.3, -0.25) is 0 Å². The molecule has 0 rings (SSSR count). The summed E-state index contributed by atoms with van der Waals surface area (Å²) in [6.07, 6.45) is 0.790. The largest absolute Gasteiger partial charge is 0.395 e. The smallest absolute Gasteiger partial charge is 0.0780 e. The molecule has 80 valence electrons. The first-order chi connectivity index (χ1) is 6.20. The molecule has 13 heavy (non-hydrogen) atoms. The van der Waals surface area contributed by atoms with Crippen LogP contribution in [0.1, 0.15) is 20.3 Å². The number of aliphatic hydroxyl groups excluding tert-OH is 1. The van der Waals surface area contributed by atoms with Gasteiger partial charge >= 0.3 is 0 Å². The Morgan fingerprint density at radius 2 is 2.15 bits per heavy atom. The second kappa shape index (κ2) is 8.44. The van der Waals surface area contributed by atoms with Gasteiger partial charge in [-0.25, -0.2) is 0 Å². The number of rotatable bonds is 8. The number of hydrogen-bond donors (Lipinski definition) is 2. The molecule has 0 aromatic carbocycles. The molecule has 3 N–H and O–H groups in total. The minimum atomic E-state index is -0.167. The molecule has 0 spiro atoms. The maximum atomic E-state index is 8.64. The highest BCUT2D eigenvalue weighted by Crippen LogP contribution is 1.95. The first-order valence-corrected chi connectivity index (χ1v) is 4.76. The lowest BCUT2D eigenvalue weighted by molar-refractivity contribution is -0.00661. The summed E-state index contributed by atoms with van der Waals surface area (Å²) in [4.78, 5) is 0. The van der Waals surface area contributed by atoms with Gasteiger partial charge in [-0.05, 0) is 20.3 Å². The summed E-state index contributed by atoms with van der Waals surface area (Å²) in [5, 5.41) is 8.64. The summed E-state index contributed by atoms with van der Waals surface area (Å²) in [5.41, 5.74) is 5.50. The molecule has 0 saturated heterocycles. The van der Waals surface area contributed by atoms with Gasteiger partial charge < -0.3 is 20.3 Å². The van der Waals surface area contributed by atoms with E-state index in [0.717, 1.165) is 0 Å². The summed E-state index contributed by atoms with van der Waals surface area (Å²) >= 11 is 0. The molecule has 0 radical (unpaired) electrons. The number of ether oxygens (including phenoxy) is 2. The van der Waals surface area contributed by atoms with E-state index < -0.39 is 0 Å². The Balaban J connectivity index is 3.21. The lowest BCUT2D eigenvalue weighted by Crippen LogP contribution is -2.27. The highest BCUT2D eigenvalue weighted by atomic mass is 16.5.